The van der Waals surface area contributed by atoms with Gasteiger partial charge in [-0.05, 0) is 64.1 Å². The fraction of sp³-hybridized carbons (Fsp3) is 0.250. The van der Waals surface area contributed by atoms with Crippen molar-refractivity contribution in [2.24, 2.45) is 10.8 Å². The van der Waals surface area contributed by atoms with Crippen LogP contribution in [-0.2, 0) is 9.59 Å². The number of fused-ring (bicyclic) bond motifs is 4. The molecule has 0 spiro atoms. The van der Waals surface area contributed by atoms with Gasteiger partial charge in [-0.3, -0.25) is 9.59 Å². The Hall–Kier alpha value is -5.30. The first-order valence-corrected chi connectivity index (χ1v) is 15.7. The van der Waals surface area contributed by atoms with Crippen LogP contribution >= 0.6 is 0 Å². The van der Waals surface area contributed by atoms with Crippen LogP contribution in [0.5, 0.6) is 28.7 Å². The first-order chi connectivity index (χ1) is 22.3. The summed E-state index contributed by atoms with van der Waals surface area (Å²) in [5, 5.41) is 36.0. The highest BCUT2D eigenvalue weighted by molar-refractivity contribution is 6.12. The second kappa shape index (κ2) is 12.8. The van der Waals surface area contributed by atoms with E-state index in [9.17, 15) is 24.9 Å². The van der Waals surface area contributed by atoms with Crippen LogP contribution in [0.2, 0.25) is 0 Å². The minimum absolute atomic E-state index is 0.205. The smallest absolute Gasteiger partial charge is 0.316 e. The third-order valence-corrected chi connectivity index (χ3v) is 9.06. The number of benzene rings is 6. The van der Waals surface area contributed by atoms with Crippen LogP contribution in [0.3, 0.4) is 0 Å². The monoisotopic (exact) mass is 632 g/mol. The fourth-order valence-electron chi connectivity index (χ4n) is 5.11. The fourth-order valence-corrected chi connectivity index (χ4v) is 5.11. The van der Waals surface area contributed by atoms with Crippen molar-refractivity contribution in [3.63, 3.8) is 0 Å². The maximum absolute atomic E-state index is 12.6. The van der Waals surface area contributed by atoms with Crippen LogP contribution < -0.4 is 9.47 Å². The molecular weight excluding hydrogens is 592 g/mol. The largest absolute Gasteiger partial charge is 0.507 e. The Bertz CT molecular complexity index is 2090. The topological polar surface area (TPSA) is 113 Å². The van der Waals surface area contributed by atoms with E-state index < -0.39 is 10.8 Å². The van der Waals surface area contributed by atoms with Gasteiger partial charge >= 0.3 is 11.9 Å². The first kappa shape index (κ1) is 33.1. The molecule has 242 valence electrons. The second-order valence-electron chi connectivity index (χ2n) is 13.0. The van der Waals surface area contributed by atoms with Gasteiger partial charge in [-0.2, -0.15) is 0 Å². The highest BCUT2D eigenvalue weighted by atomic mass is 16.5. The summed E-state index contributed by atoms with van der Waals surface area (Å²) in [4.78, 5) is 25.1. The van der Waals surface area contributed by atoms with Gasteiger partial charge in [0.15, 0.2) is 11.5 Å². The highest BCUT2D eigenvalue weighted by Crippen LogP contribution is 2.44. The molecule has 0 aliphatic rings. The Balaban J connectivity index is 0.000000185. The Labute approximate surface area is 274 Å². The van der Waals surface area contributed by atoms with Gasteiger partial charge in [-0.15, -0.1) is 0 Å². The van der Waals surface area contributed by atoms with Crippen LogP contribution in [0.15, 0.2) is 91.0 Å². The van der Waals surface area contributed by atoms with Gasteiger partial charge in [-0.25, -0.2) is 0 Å². The molecule has 0 aliphatic carbocycles. The minimum atomic E-state index is -0.609. The molecule has 0 aromatic heterocycles. The molecule has 7 nitrogen and oxygen atoms in total. The van der Waals surface area contributed by atoms with E-state index in [0.717, 1.165) is 21.5 Å². The predicted octanol–water partition coefficient (Wildman–Crippen LogP) is 9.79. The van der Waals surface area contributed by atoms with E-state index in [1.165, 1.54) is 6.07 Å². The standard InChI is InChI=1S/C20H20O4.C20H20O3/c1-4-20(2,3)19(23)24-18-13-8-6-5-7-12(13)11-15-14(18)9-10-16(21)17(15)22;1-4-20(2,3)19(22)23-18-15-11-7-5-9-13(15)17(21)14-10-6-8-12-16(14)18/h5-11,21-22H,4H2,1-3H3;5-12,21H,4H2,1-3H3. The molecule has 7 heteroatoms. The van der Waals surface area contributed by atoms with Crippen molar-refractivity contribution >= 4 is 55.0 Å². The number of carbonyl (C=O) groups excluding carboxylic acids is 2. The SMILES string of the molecule is CCC(C)(C)C(=O)Oc1c2ccccc2c(O)c2ccccc12.CCC(C)(C)C(=O)Oc1c2ccccc2cc2c(O)c(O)ccc12. The summed E-state index contributed by atoms with van der Waals surface area (Å²) in [6.07, 6.45) is 1.35. The Morgan fingerprint density at radius 2 is 0.936 bits per heavy atom. The maximum atomic E-state index is 12.6. The first-order valence-electron chi connectivity index (χ1n) is 15.7. The van der Waals surface area contributed by atoms with E-state index in [0.29, 0.717) is 45.9 Å². The molecule has 47 heavy (non-hydrogen) atoms. The number of rotatable bonds is 6. The van der Waals surface area contributed by atoms with Crippen molar-refractivity contribution in [1.82, 2.24) is 0 Å². The second-order valence-corrected chi connectivity index (χ2v) is 13.0. The summed E-state index contributed by atoms with van der Waals surface area (Å²) in [5.74, 6) is 0.127. The molecule has 0 saturated carbocycles. The molecule has 0 bridgehead atoms. The quantitative estimate of drug-likeness (QED) is 0.0725. The molecule has 0 radical (unpaired) electrons. The number of phenols is 3. The van der Waals surface area contributed by atoms with E-state index in [4.69, 9.17) is 9.47 Å². The molecule has 0 unspecified atom stereocenters. The highest BCUT2D eigenvalue weighted by Gasteiger charge is 2.30. The average Bonchev–Trinajstić information content (AvgIpc) is 3.08. The zero-order valence-corrected chi connectivity index (χ0v) is 27.5. The van der Waals surface area contributed by atoms with E-state index in [-0.39, 0.29) is 29.2 Å². The zero-order valence-electron chi connectivity index (χ0n) is 27.5. The van der Waals surface area contributed by atoms with Crippen LogP contribution in [-0.4, -0.2) is 27.3 Å². The number of carbonyl (C=O) groups is 2. The van der Waals surface area contributed by atoms with E-state index in [2.05, 4.69) is 0 Å². The zero-order chi connectivity index (χ0) is 34.1. The van der Waals surface area contributed by atoms with Crippen LogP contribution in [0, 0.1) is 10.8 Å². The molecule has 0 fully saturated rings. The van der Waals surface area contributed by atoms with Gasteiger partial charge in [0.2, 0.25) is 0 Å². The van der Waals surface area contributed by atoms with E-state index in [1.807, 2.05) is 114 Å². The molecule has 6 rings (SSSR count). The van der Waals surface area contributed by atoms with Crippen LogP contribution in [0.4, 0.5) is 0 Å². The van der Waals surface area contributed by atoms with E-state index in [1.54, 1.807) is 12.1 Å². The Morgan fingerprint density at radius 1 is 0.532 bits per heavy atom. The van der Waals surface area contributed by atoms with Gasteiger partial charge in [0.05, 0.1) is 10.8 Å². The van der Waals surface area contributed by atoms with Crippen molar-refractivity contribution in [2.75, 3.05) is 0 Å². The lowest BCUT2D eigenvalue weighted by Crippen LogP contribution is -2.28. The van der Waals surface area contributed by atoms with Gasteiger partial charge in [-0.1, -0.05) is 86.6 Å². The molecule has 0 amide bonds. The minimum Gasteiger partial charge on any atom is -0.507 e. The van der Waals surface area contributed by atoms with Crippen LogP contribution in [0.25, 0.3) is 43.1 Å². The Kier molecular flexibility index (Phi) is 9.03. The van der Waals surface area contributed by atoms with Crippen molar-refractivity contribution < 1.29 is 34.4 Å². The number of phenolic OH excluding ortho intramolecular Hbond substituents is 3. The Morgan fingerprint density at radius 3 is 1.43 bits per heavy atom. The third kappa shape index (κ3) is 6.26. The summed E-state index contributed by atoms with van der Waals surface area (Å²) in [5.41, 5.74) is -1.16. The van der Waals surface area contributed by atoms with Gasteiger partial charge < -0.3 is 24.8 Å². The van der Waals surface area contributed by atoms with Crippen molar-refractivity contribution in [3.05, 3.63) is 91.0 Å². The molecule has 3 N–H and O–H groups in total. The molecular formula is C40H40O7. The molecule has 0 heterocycles. The average molecular weight is 633 g/mol. The third-order valence-electron chi connectivity index (χ3n) is 9.06. The lowest BCUT2D eigenvalue weighted by molar-refractivity contribution is -0.144. The van der Waals surface area contributed by atoms with Gasteiger partial charge in [0, 0.05) is 37.7 Å². The number of ether oxygens (including phenoxy) is 2. The lowest BCUT2D eigenvalue weighted by Gasteiger charge is -2.22. The molecule has 0 saturated heterocycles. The van der Waals surface area contributed by atoms with Gasteiger partial charge in [0.25, 0.3) is 0 Å². The lowest BCUT2D eigenvalue weighted by atomic mass is 9.90. The summed E-state index contributed by atoms with van der Waals surface area (Å²) < 4.78 is 11.6. The summed E-state index contributed by atoms with van der Waals surface area (Å²) in [6.45, 7) is 11.3. The number of esters is 2. The van der Waals surface area contributed by atoms with Crippen LogP contribution in [0.1, 0.15) is 54.4 Å². The van der Waals surface area contributed by atoms with Crippen molar-refractivity contribution in [2.45, 2.75) is 54.4 Å². The van der Waals surface area contributed by atoms with Crippen molar-refractivity contribution in [1.29, 1.82) is 0 Å². The number of aromatic hydroxyl groups is 3. The van der Waals surface area contributed by atoms with Gasteiger partial charge in [0.1, 0.15) is 17.2 Å². The molecule has 0 atom stereocenters. The molecule has 0 aliphatic heterocycles. The summed E-state index contributed by atoms with van der Waals surface area (Å²) >= 11 is 0. The summed E-state index contributed by atoms with van der Waals surface area (Å²) in [7, 11) is 0. The van der Waals surface area contributed by atoms with Crippen molar-refractivity contribution in [3.8, 4) is 28.7 Å². The summed E-state index contributed by atoms with van der Waals surface area (Å²) in [6, 6.07) is 27.2. The maximum Gasteiger partial charge on any atom is 0.316 e. The molecule has 6 aromatic rings. The van der Waals surface area contributed by atoms with E-state index >= 15 is 0 Å². The molecule has 6 aromatic carbocycles. The normalized spacial score (nSPS) is 11.8. The number of hydrogen-bond acceptors (Lipinski definition) is 7. The predicted molar refractivity (Wildman–Crippen MR) is 187 cm³/mol. The number of hydrogen-bond donors (Lipinski definition) is 3.